The van der Waals surface area contributed by atoms with Crippen LogP contribution in [-0.2, 0) is 14.8 Å². The summed E-state index contributed by atoms with van der Waals surface area (Å²) in [6.45, 7) is 3.76. The summed E-state index contributed by atoms with van der Waals surface area (Å²) < 4.78 is 27.0. The van der Waals surface area contributed by atoms with E-state index in [0.29, 0.717) is 18.0 Å². The maximum atomic E-state index is 12.2. The summed E-state index contributed by atoms with van der Waals surface area (Å²) in [6.07, 6.45) is 7.25. The first kappa shape index (κ1) is 18.9. The van der Waals surface area contributed by atoms with E-state index >= 15 is 0 Å². The maximum absolute atomic E-state index is 12.2. The zero-order valence-electron chi connectivity index (χ0n) is 14.5. The van der Waals surface area contributed by atoms with Crippen molar-refractivity contribution in [1.82, 2.24) is 4.72 Å². The second-order valence-electron chi connectivity index (χ2n) is 6.71. The van der Waals surface area contributed by atoms with E-state index in [1.54, 1.807) is 12.1 Å². The van der Waals surface area contributed by atoms with Crippen molar-refractivity contribution in [1.29, 1.82) is 0 Å². The molecule has 24 heavy (non-hydrogen) atoms. The number of anilines is 1. The molecule has 1 aliphatic carbocycles. The highest BCUT2D eigenvalue weighted by molar-refractivity contribution is 7.89. The maximum Gasteiger partial charge on any atom is 0.240 e. The second kappa shape index (κ2) is 8.62. The Morgan fingerprint density at radius 3 is 2.38 bits per heavy atom. The first-order valence-corrected chi connectivity index (χ1v) is 10.3. The van der Waals surface area contributed by atoms with E-state index in [9.17, 15) is 13.2 Å². The molecule has 1 amide bonds. The van der Waals surface area contributed by atoms with Gasteiger partial charge >= 0.3 is 0 Å². The van der Waals surface area contributed by atoms with E-state index in [1.807, 2.05) is 13.8 Å². The standard InChI is InChI=1S/C18H28N2O3S/c1-3-14(2)20-24(22,23)17-11-9-16(10-12-17)19-18(21)13-15-7-5-4-6-8-15/h9-12,14-15,20H,3-8,13H2,1-2H3,(H,19,21). The highest BCUT2D eigenvalue weighted by Gasteiger charge is 2.18. The molecule has 2 N–H and O–H groups in total. The lowest BCUT2D eigenvalue weighted by molar-refractivity contribution is -0.117. The van der Waals surface area contributed by atoms with Crippen molar-refractivity contribution < 1.29 is 13.2 Å². The number of carbonyl (C=O) groups excluding carboxylic acids is 1. The molecule has 0 saturated heterocycles. The highest BCUT2D eigenvalue weighted by atomic mass is 32.2. The van der Waals surface area contributed by atoms with Crippen LogP contribution in [0.5, 0.6) is 0 Å². The Kier molecular flexibility index (Phi) is 6.80. The molecule has 0 radical (unpaired) electrons. The average molecular weight is 353 g/mol. The number of rotatable bonds is 7. The topological polar surface area (TPSA) is 75.3 Å². The first-order valence-electron chi connectivity index (χ1n) is 8.83. The van der Waals surface area contributed by atoms with Gasteiger partial charge in [-0.25, -0.2) is 13.1 Å². The third-order valence-electron chi connectivity index (χ3n) is 4.62. The smallest absolute Gasteiger partial charge is 0.240 e. The molecule has 0 bridgehead atoms. The molecule has 1 fully saturated rings. The molecule has 0 aromatic heterocycles. The molecule has 1 atom stereocenters. The summed E-state index contributed by atoms with van der Waals surface area (Å²) in [5.41, 5.74) is 0.637. The van der Waals surface area contributed by atoms with Crippen LogP contribution >= 0.6 is 0 Å². The van der Waals surface area contributed by atoms with Gasteiger partial charge in [0.1, 0.15) is 0 Å². The summed E-state index contributed by atoms with van der Waals surface area (Å²) in [5, 5.41) is 2.87. The second-order valence-corrected chi connectivity index (χ2v) is 8.43. The van der Waals surface area contributed by atoms with Gasteiger partial charge in [-0.15, -0.1) is 0 Å². The molecule has 1 unspecified atom stereocenters. The Morgan fingerprint density at radius 2 is 1.79 bits per heavy atom. The molecule has 0 heterocycles. The van der Waals surface area contributed by atoms with Crippen molar-refractivity contribution >= 4 is 21.6 Å². The monoisotopic (exact) mass is 352 g/mol. The Morgan fingerprint density at radius 1 is 1.17 bits per heavy atom. The molecule has 1 aromatic carbocycles. The van der Waals surface area contributed by atoms with Crippen molar-refractivity contribution in [3.8, 4) is 0 Å². The zero-order chi connectivity index (χ0) is 17.6. The van der Waals surface area contributed by atoms with Gasteiger partial charge in [-0.1, -0.05) is 26.2 Å². The molecular weight excluding hydrogens is 324 g/mol. The van der Waals surface area contributed by atoms with E-state index in [-0.39, 0.29) is 16.8 Å². The predicted octanol–water partition coefficient (Wildman–Crippen LogP) is 3.67. The summed E-state index contributed by atoms with van der Waals surface area (Å²) >= 11 is 0. The number of hydrogen-bond acceptors (Lipinski definition) is 3. The van der Waals surface area contributed by atoms with E-state index in [0.717, 1.165) is 19.3 Å². The summed E-state index contributed by atoms with van der Waals surface area (Å²) in [5.74, 6) is 0.494. The Hall–Kier alpha value is -1.40. The molecule has 1 aliphatic rings. The van der Waals surface area contributed by atoms with Crippen LogP contribution in [0.15, 0.2) is 29.2 Å². The molecule has 0 spiro atoms. The van der Waals surface area contributed by atoms with Crippen LogP contribution in [0.25, 0.3) is 0 Å². The third kappa shape index (κ3) is 5.60. The quantitative estimate of drug-likeness (QED) is 0.786. The van der Waals surface area contributed by atoms with Crippen LogP contribution < -0.4 is 10.0 Å². The fraction of sp³-hybridized carbons (Fsp3) is 0.611. The summed E-state index contributed by atoms with van der Waals surface area (Å²) in [4.78, 5) is 12.3. The molecule has 1 aromatic rings. The van der Waals surface area contributed by atoms with Gasteiger partial charge in [-0.3, -0.25) is 4.79 Å². The summed E-state index contributed by atoms with van der Waals surface area (Å²) in [6, 6.07) is 6.24. The van der Waals surface area contributed by atoms with Crippen LogP contribution in [0, 0.1) is 5.92 Å². The minimum Gasteiger partial charge on any atom is -0.326 e. The fourth-order valence-electron chi connectivity index (χ4n) is 3.00. The number of benzene rings is 1. The third-order valence-corrected chi connectivity index (χ3v) is 6.22. The van der Waals surface area contributed by atoms with E-state index in [2.05, 4.69) is 10.0 Å². The number of sulfonamides is 1. The van der Waals surface area contributed by atoms with Gasteiger partial charge in [0.2, 0.25) is 15.9 Å². The van der Waals surface area contributed by atoms with Crippen molar-refractivity contribution in [2.45, 2.75) is 69.7 Å². The van der Waals surface area contributed by atoms with Crippen LogP contribution in [0.4, 0.5) is 5.69 Å². The van der Waals surface area contributed by atoms with Crippen LogP contribution in [0.3, 0.4) is 0 Å². The molecule has 5 nitrogen and oxygen atoms in total. The lowest BCUT2D eigenvalue weighted by Gasteiger charge is -2.20. The molecule has 6 heteroatoms. The Balaban J connectivity index is 1.92. The Labute approximate surface area is 145 Å². The largest absolute Gasteiger partial charge is 0.326 e. The van der Waals surface area contributed by atoms with Crippen molar-refractivity contribution in [3.05, 3.63) is 24.3 Å². The number of amides is 1. The van der Waals surface area contributed by atoms with Crippen LogP contribution in [0.2, 0.25) is 0 Å². The fourth-order valence-corrected chi connectivity index (χ4v) is 4.33. The molecule has 134 valence electrons. The minimum atomic E-state index is -3.50. The number of nitrogens with one attached hydrogen (secondary N) is 2. The van der Waals surface area contributed by atoms with Crippen molar-refractivity contribution in [2.75, 3.05) is 5.32 Å². The zero-order valence-corrected chi connectivity index (χ0v) is 15.4. The van der Waals surface area contributed by atoms with E-state index < -0.39 is 10.0 Å². The Bertz CT molecular complexity index is 635. The van der Waals surface area contributed by atoms with Gasteiger partial charge in [-0.05, 0) is 56.4 Å². The molecular formula is C18H28N2O3S. The van der Waals surface area contributed by atoms with Crippen LogP contribution in [-0.4, -0.2) is 20.4 Å². The highest BCUT2D eigenvalue weighted by Crippen LogP contribution is 2.26. The SMILES string of the molecule is CCC(C)NS(=O)(=O)c1ccc(NC(=O)CC2CCCCC2)cc1. The lowest BCUT2D eigenvalue weighted by Crippen LogP contribution is -2.31. The van der Waals surface area contributed by atoms with Crippen LogP contribution in [0.1, 0.15) is 58.8 Å². The average Bonchev–Trinajstić information content (AvgIpc) is 2.55. The minimum absolute atomic E-state index is 0.00948. The summed E-state index contributed by atoms with van der Waals surface area (Å²) in [7, 11) is -3.50. The van der Waals surface area contributed by atoms with E-state index in [1.165, 1.54) is 31.4 Å². The predicted molar refractivity (Wildman–Crippen MR) is 96.3 cm³/mol. The first-order chi connectivity index (χ1) is 11.4. The van der Waals surface area contributed by atoms with Gasteiger partial charge in [0, 0.05) is 18.2 Å². The van der Waals surface area contributed by atoms with Gasteiger partial charge in [0.15, 0.2) is 0 Å². The van der Waals surface area contributed by atoms with Crippen molar-refractivity contribution in [2.24, 2.45) is 5.92 Å². The number of hydrogen-bond donors (Lipinski definition) is 2. The van der Waals surface area contributed by atoms with Gasteiger partial charge in [-0.2, -0.15) is 0 Å². The molecule has 1 saturated carbocycles. The van der Waals surface area contributed by atoms with Gasteiger partial charge in [0.05, 0.1) is 4.90 Å². The molecule has 0 aliphatic heterocycles. The van der Waals surface area contributed by atoms with Crippen molar-refractivity contribution in [3.63, 3.8) is 0 Å². The van der Waals surface area contributed by atoms with Gasteiger partial charge < -0.3 is 5.32 Å². The lowest BCUT2D eigenvalue weighted by atomic mass is 9.87. The normalized spacial score (nSPS) is 17.4. The number of carbonyl (C=O) groups is 1. The molecule has 2 rings (SSSR count). The van der Waals surface area contributed by atoms with E-state index in [4.69, 9.17) is 0 Å². The van der Waals surface area contributed by atoms with Gasteiger partial charge in [0.25, 0.3) is 0 Å².